The molecule has 4 nitrogen and oxygen atoms in total. The molecule has 1 N–H and O–H groups in total. The zero-order valence-electron chi connectivity index (χ0n) is 12.3. The van der Waals surface area contributed by atoms with Crippen molar-refractivity contribution in [3.63, 3.8) is 0 Å². The molecule has 0 aromatic carbocycles. The average molecular weight is 296 g/mol. The van der Waals surface area contributed by atoms with Crippen molar-refractivity contribution in [2.75, 3.05) is 26.2 Å². The van der Waals surface area contributed by atoms with Gasteiger partial charge in [0.1, 0.15) is 0 Å². The number of nitrogens with one attached hydrogen (secondary N) is 1. The first kappa shape index (κ1) is 15.3. The minimum Gasteiger partial charge on any atom is -0.450 e. The first-order valence-electron chi connectivity index (χ1n) is 7.38. The zero-order chi connectivity index (χ0) is 14.4. The summed E-state index contributed by atoms with van der Waals surface area (Å²) in [6.45, 7) is 7.50. The van der Waals surface area contributed by atoms with Crippen LogP contribution in [0, 0.1) is 5.92 Å². The third-order valence-electron chi connectivity index (χ3n) is 3.76. The Kier molecular flexibility index (Phi) is 5.86. The van der Waals surface area contributed by atoms with E-state index in [9.17, 15) is 4.79 Å². The van der Waals surface area contributed by atoms with Crippen LogP contribution in [0.15, 0.2) is 16.8 Å². The molecule has 20 heavy (non-hydrogen) atoms. The van der Waals surface area contributed by atoms with E-state index in [-0.39, 0.29) is 12.1 Å². The van der Waals surface area contributed by atoms with Gasteiger partial charge < -0.3 is 15.0 Å². The molecule has 1 aromatic heterocycles. The van der Waals surface area contributed by atoms with Crippen molar-refractivity contribution >= 4 is 17.4 Å². The lowest BCUT2D eigenvalue weighted by Gasteiger charge is -2.37. The predicted octanol–water partition coefficient (Wildman–Crippen LogP) is 2.75. The normalized spacial score (nSPS) is 23.5. The summed E-state index contributed by atoms with van der Waals surface area (Å²) in [5.41, 5.74) is 1.41. The molecule has 112 valence electrons. The Balaban J connectivity index is 1.90. The molecule has 1 amide bonds. The van der Waals surface area contributed by atoms with Crippen molar-refractivity contribution < 1.29 is 9.53 Å². The molecule has 1 aliphatic heterocycles. The van der Waals surface area contributed by atoms with E-state index in [2.05, 4.69) is 34.0 Å². The molecular weight excluding hydrogens is 272 g/mol. The summed E-state index contributed by atoms with van der Waals surface area (Å²) < 4.78 is 4.99. The fourth-order valence-corrected chi connectivity index (χ4v) is 3.58. The highest BCUT2D eigenvalue weighted by Gasteiger charge is 2.27. The Morgan fingerprint density at radius 2 is 2.35 bits per heavy atom. The van der Waals surface area contributed by atoms with E-state index in [1.807, 2.05) is 6.92 Å². The highest BCUT2D eigenvalue weighted by molar-refractivity contribution is 7.07. The van der Waals surface area contributed by atoms with Crippen LogP contribution in [0.1, 0.15) is 25.8 Å². The van der Waals surface area contributed by atoms with Crippen molar-refractivity contribution in [1.82, 2.24) is 10.2 Å². The smallest absolute Gasteiger partial charge is 0.407 e. The van der Waals surface area contributed by atoms with Gasteiger partial charge in [0.2, 0.25) is 0 Å². The number of likely N-dealkylation sites (tertiary alicyclic amines) is 1. The fourth-order valence-electron chi connectivity index (χ4n) is 2.90. The van der Waals surface area contributed by atoms with Gasteiger partial charge in [-0.3, -0.25) is 0 Å². The minimum atomic E-state index is -0.287. The van der Waals surface area contributed by atoms with Crippen LogP contribution < -0.4 is 5.32 Å². The van der Waals surface area contributed by atoms with Gasteiger partial charge in [0.25, 0.3) is 0 Å². The Bertz CT molecular complexity index is 408. The summed E-state index contributed by atoms with van der Waals surface area (Å²) in [6.07, 6.45) is 1.84. The van der Waals surface area contributed by atoms with Crippen molar-refractivity contribution in [3.8, 4) is 0 Å². The van der Waals surface area contributed by atoms with Crippen LogP contribution in [-0.2, 0) is 11.2 Å². The maximum Gasteiger partial charge on any atom is 0.407 e. The molecule has 1 fully saturated rings. The number of hydrogen-bond acceptors (Lipinski definition) is 4. The Morgan fingerprint density at radius 1 is 1.50 bits per heavy atom. The van der Waals surface area contributed by atoms with E-state index in [4.69, 9.17) is 4.74 Å². The van der Waals surface area contributed by atoms with Crippen LogP contribution in [0.2, 0.25) is 0 Å². The fraction of sp³-hybridized carbons (Fsp3) is 0.667. The summed E-state index contributed by atoms with van der Waals surface area (Å²) in [4.78, 5) is 14.0. The van der Waals surface area contributed by atoms with Gasteiger partial charge in [0.15, 0.2) is 0 Å². The van der Waals surface area contributed by atoms with Crippen molar-refractivity contribution in [2.45, 2.75) is 32.7 Å². The van der Waals surface area contributed by atoms with Crippen LogP contribution in [0.25, 0.3) is 0 Å². The van der Waals surface area contributed by atoms with E-state index in [1.54, 1.807) is 11.3 Å². The van der Waals surface area contributed by atoms with Gasteiger partial charge in [0, 0.05) is 19.1 Å². The Labute approximate surface area is 125 Å². The second-order valence-corrected chi connectivity index (χ2v) is 6.13. The largest absolute Gasteiger partial charge is 0.450 e. The predicted molar refractivity (Wildman–Crippen MR) is 82.2 cm³/mol. The monoisotopic (exact) mass is 296 g/mol. The molecule has 2 unspecified atom stereocenters. The second kappa shape index (κ2) is 7.64. The van der Waals surface area contributed by atoms with Crippen LogP contribution in [0.5, 0.6) is 0 Å². The number of alkyl carbamates (subject to hydrolysis) is 1. The van der Waals surface area contributed by atoms with Gasteiger partial charge in [-0.05, 0) is 54.6 Å². The van der Waals surface area contributed by atoms with Crippen molar-refractivity contribution in [3.05, 3.63) is 22.4 Å². The van der Waals surface area contributed by atoms with Crippen LogP contribution in [0.3, 0.4) is 0 Å². The third-order valence-corrected chi connectivity index (χ3v) is 4.49. The quantitative estimate of drug-likeness (QED) is 0.908. The SMILES string of the molecule is CCOC(=O)NC1CC(Cc2ccsc2)CN(CC)C1. The van der Waals surface area contributed by atoms with E-state index in [0.29, 0.717) is 12.5 Å². The molecule has 1 aromatic rings. The number of likely N-dealkylation sites (N-methyl/N-ethyl adjacent to an activating group) is 1. The highest BCUT2D eigenvalue weighted by Crippen LogP contribution is 2.22. The number of nitrogens with zero attached hydrogens (tertiary/aromatic N) is 1. The zero-order valence-corrected chi connectivity index (χ0v) is 13.1. The molecule has 0 bridgehead atoms. The van der Waals surface area contributed by atoms with E-state index >= 15 is 0 Å². The average Bonchev–Trinajstić information content (AvgIpc) is 2.91. The van der Waals surface area contributed by atoms with E-state index in [0.717, 1.165) is 32.5 Å². The maximum absolute atomic E-state index is 11.6. The molecule has 1 saturated heterocycles. The van der Waals surface area contributed by atoms with Crippen LogP contribution in [-0.4, -0.2) is 43.3 Å². The molecule has 0 radical (unpaired) electrons. The molecular formula is C15H24N2O2S. The van der Waals surface area contributed by atoms with E-state index < -0.39 is 0 Å². The highest BCUT2D eigenvalue weighted by atomic mass is 32.1. The molecule has 5 heteroatoms. The molecule has 2 atom stereocenters. The number of hydrogen-bond donors (Lipinski definition) is 1. The Hall–Kier alpha value is -1.07. The van der Waals surface area contributed by atoms with Crippen LogP contribution >= 0.6 is 11.3 Å². The first-order chi connectivity index (χ1) is 9.71. The number of thiophene rings is 1. The maximum atomic E-state index is 11.6. The molecule has 0 saturated carbocycles. The third kappa shape index (κ3) is 4.49. The van der Waals surface area contributed by atoms with Gasteiger partial charge in [0.05, 0.1) is 6.61 Å². The number of carbonyl (C=O) groups excluding carboxylic acids is 1. The molecule has 2 heterocycles. The number of carbonyl (C=O) groups is 1. The minimum absolute atomic E-state index is 0.200. The lowest BCUT2D eigenvalue weighted by Crippen LogP contribution is -2.51. The molecule has 1 aliphatic rings. The van der Waals surface area contributed by atoms with E-state index in [1.165, 1.54) is 5.56 Å². The van der Waals surface area contributed by atoms with Gasteiger partial charge in [-0.2, -0.15) is 11.3 Å². The topological polar surface area (TPSA) is 41.6 Å². The van der Waals surface area contributed by atoms with Gasteiger partial charge in [-0.1, -0.05) is 6.92 Å². The summed E-state index contributed by atoms with van der Waals surface area (Å²) >= 11 is 1.75. The van der Waals surface area contributed by atoms with Crippen molar-refractivity contribution in [2.24, 2.45) is 5.92 Å². The van der Waals surface area contributed by atoms with Crippen LogP contribution in [0.4, 0.5) is 4.79 Å². The Morgan fingerprint density at radius 3 is 3.00 bits per heavy atom. The first-order valence-corrected chi connectivity index (χ1v) is 8.32. The van der Waals surface area contributed by atoms with Gasteiger partial charge in [-0.15, -0.1) is 0 Å². The summed E-state index contributed by atoms with van der Waals surface area (Å²) in [7, 11) is 0. The molecule has 0 spiro atoms. The summed E-state index contributed by atoms with van der Waals surface area (Å²) in [6, 6.07) is 2.40. The number of ether oxygens (including phenoxy) is 1. The number of rotatable bonds is 5. The lowest BCUT2D eigenvalue weighted by atomic mass is 9.89. The number of piperidine rings is 1. The lowest BCUT2D eigenvalue weighted by molar-refractivity contribution is 0.119. The number of amides is 1. The molecule has 0 aliphatic carbocycles. The molecule has 2 rings (SSSR count). The van der Waals surface area contributed by atoms with Crippen molar-refractivity contribution in [1.29, 1.82) is 0 Å². The van der Waals surface area contributed by atoms with Gasteiger partial charge in [-0.25, -0.2) is 4.79 Å². The van der Waals surface area contributed by atoms with Gasteiger partial charge >= 0.3 is 6.09 Å². The second-order valence-electron chi connectivity index (χ2n) is 5.35. The summed E-state index contributed by atoms with van der Waals surface area (Å²) in [5, 5.41) is 7.34. The summed E-state index contributed by atoms with van der Waals surface area (Å²) in [5.74, 6) is 0.602. The standard InChI is InChI=1S/C15H24N2O2S/c1-3-17-9-13(7-12-5-6-20-11-12)8-14(10-17)16-15(18)19-4-2/h5-6,11,13-14H,3-4,7-10H2,1-2H3,(H,16,18).